The quantitative estimate of drug-likeness (QED) is 0.206. The van der Waals surface area contributed by atoms with E-state index in [1.54, 1.807) is 12.1 Å². The summed E-state index contributed by atoms with van der Waals surface area (Å²) in [6.07, 6.45) is 15.0. The first-order chi connectivity index (χ1) is 16.1. The summed E-state index contributed by atoms with van der Waals surface area (Å²) in [4.78, 5) is 23.9. The lowest BCUT2D eigenvalue weighted by atomic mass is 9.98. The Bertz CT molecular complexity index is 833. The zero-order valence-electron chi connectivity index (χ0n) is 20.2. The van der Waals surface area contributed by atoms with E-state index in [-0.39, 0.29) is 5.91 Å². The summed E-state index contributed by atoms with van der Waals surface area (Å²) >= 11 is 0. The van der Waals surface area contributed by atoms with Gasteiger partial charge < -0.3 is 5.73 Å². The van der Waals surface area contributed by atoms with Gasteiger partial charge in [-0.25, -0.2) is 5.43 Å². The van der Waals surface area contributed by atoms with Crippen LogP contribution in [0.5, 0.6) is 0 Å². The van der Waals surface area contributed by atoms with E-state index in [9.17, 15) is 9.59 Å². The summed E-state index contributed by atoms with van der Waals surface area (Å²) in [6, 6.07) is 14.8. The van der Waals surface area contributed by atoms with Crippen LogP contribution in [0.2, 0.25) is 0 Å². The average Bonchev–Trinajstić information content (AvgIpc) is 2.82. The molecule has 2 aromatic rings. The topological polar surface area (TPSA) is 84.2 Å². The van der Waals surface area contributed by atoms with E-state index in [0.717, 1.165) is 24.1 Å². The predicted molar refractivity (Wildman–Crippen MR) is 136 cm³/mol. The third kappa shape index (κ3) is 10.7. The Morgan fingerprint density at radius 3 is 1.94 bits per heavy atom. The molecule has 4 N–H and O–H groups in total. The number of nitrogens with one attached hydrogen (secondary N) is 2. The highest BCUT2D eigenvalue weighted by Crippen LogP contribution is 2.15. The van der Waals surface area contributed by atoms with E-state index in [1.165, 1.54) is 64.2 Å². The molecule has 33 heavy (non-hydrogen) atoms. The number of nitrogens with two attached hydrogens (primary N) is 1. The van der Waals surface area contributed by atoms with Crippen LogP contribution in [0.25, 0.3) is 0 Å². The van der Waals surface area contributed by atoms with Crippen molar-refractivity contribution in [3.05, 3.63) is 70.8 Å². The summed E-state index contributed by atoms with van der Waals surface area (Å²) in [7, 11) is 0. The van der Waals surface area contributed by atoms with Crippen molar-refractivity contribution in [2.75, 3.05) is 6.54 Å². The molecule has 0 radical (unpaired) electrons. The number of unbranched alkanes of at least 4 members (excludes halogenated alkanes) is 10. The molecule has 5 heteroatoms. The zero-order chi connectivity index (χ0) is 23.7. The van der Waals surface area contributed by atoms with Crippen LogP contribution in [0.3, 0.4) is 0 Å². The average molecular weight is 452 g/mol. The lowest BCUT2D eigenvalue weighted by Gasteiger charge is -2.09. The number of hydrogen-bond acceptors (Lipinski definition) is 3. The number of primary amides is 1. The minimum atomic E-state index is -0.425. The zero-order valence-corrected chi connectivity index (χ0v) is 20.2. The van der Waals surface area contributed by atoms with Gasteiger partial charge in [0.25, 0.3) is 5.91 Å². The molecule has 0 unspecified atom stereocenters. The Hall–Kier alpha value is -2.66. The lowest BCUT2D eigenvalue weighted by Crippen LogP contribution is -2.37. The van der Waals surface area contributed by atoms with Crippen molar-refractivity contribution >= 4 is 11.8 Å². The first kappa shape index (κ1) is 26.6. The fourth-order valence-electron chi connectivity index (χ4n) is 4.00. The van der Waals surface area contributed by atoms with Crippen molar-refractivity contribution in [2.45, 2.75) is 84.0 Å². The number of hydrazine groups is 1. The van der Waals surface area contributed by atoms with Gasteiger partial charge in [0.2, 0.25) is 5.91 Å². The van der Waals surface area contributed by atoms with Gasteiger partial charge in [-0.15, -0.1) is 0 Å². The van der Waals surface area contributed by atoms with E-state index < -0.39 is 5.91 Å². The second kappa shape index (κ2) is 16.0. The normalized spacial score (nSPS) is 10.8. The molecule has 2 rings (SSSR count). The van der Waals surface area contributed by atoms with Crippen molar-refractivity contribution in [1.82, 2.24) is 10.9 Å². The molecule has 0 spiro atoms. The van der Waals surface area contributed by atoms with E-state index in [4.69, 9.17) is 5.73 Å². The Morgan fingerprint density at radius 1 is 0.758 bits per heavy atom. The molecule has 2 aromatic carbocycles. The van der Waals surface area contributed by atoms with Crippen LogP contribution < -0.4 is 16.6 Å². The van der Waals surface area contributed by atoms with Crippen molar-refractivity contribution in [2.24, 2.45) is 5.73 Å². The smallest absolute Gasteiger partial charge is 0.265 e. The van der Waals surface area contributed by atoms with Gasteiger partial charge >= 0.3 is 0 Å². The standard InChI is InChI=1S/C28H41N3O2/c1-2-3-4-5-6-7-8-9-10-11-14-21-30-31-28(33)24-19-17-23(18-20-24)22-25-15-12-13-16-26(25)27(29)32/h12-13,15-20,30H,2-11,14,21-22H2,1H3,(H2,29,32)(H,31,33). The van der Waals surface area contributed by atoms with Crippen molar-refractivity contribution in [3.63, 3.8) is 0 Å². The highest BCUT2D eigenvalue weighted by molar-refractivity contribution is 5.95. The predicted octanol–water partition coefficient (Wildman–Crippen LogP) is 5.92. The van der Waals surface area contributed by atoms with Crippen molar-refractivity contribution in [3.8, 4) is 0 Å². The molecule has 0 heterocycles. The molecule has 0 atom stereocenters. The van der Waals surface area contributed by atoms with E-state index in [1.807, 2.05) is 36.4 Å². The minimum absolute atomic E-state index is 0.137. The largest absolute Gasteiger partial charge is 0.366 e. The summed E-state index contributed by atoms with van der Waals surface area (Å²) < 4.78 is 0. The lowest BCUT2D eigenvalue weighted by molar-refractivity contribution is 0.0932. The number of carbonyl (C=O) groups excluding carboxylic acids is 2. The fourth-order valence-corrected chi connectivity index (χ4v) is 4.00. The summed E-state index contributed by atoms with van der Waals surface area (Å²) in [6.45, 7) is 3.04. The highest BCUT2D eigenvalue weighted by Gasteiger charge is 2.09. The maximum atomic E-state index is 12.3. The number of rotatable bonds is 17. The van der Waals surface area contributed by atoms with Crippen LogP contribution in [-0.2, 0) is 6.42 Å². The molecule has 0 saturated heterocycles. The van der Waals surface area contributed by atoms with Gasteiger partial charge in [0.15, 0.2) is 0 Å². The Kier molecular flexibility index (Phi) is 12.9. The first-order valence-corrected chi connectivity index (χ1v) is 12.6. The number of carbonyl (C=O) groups is 2. The SMILES string of the molecule is CCCCCCCCCCCCCNNC(=O)c1ccc(Cc2ccccc2C(N)=O)cc1. The van der Waals surface area contributed by atoms with Crippen LogP contribution >= 0.6 is 0 Å². The number of benzene rings is 2. The maximum absolute atomic E-state index is 12.3. The van der Waals surface area contributed by atoms with E-state index in [2.05, 4.69) is 17.8 Å². The molecule has 0 saturated carbocycles. The van der Waals surface area contributed by atoms with Crippen LogP contribution in [-0.4, -0.2) is 18.4 Å². The van der Waals surface area contributed by atoms with Crippen LogP contribution in [0.15, 0.2) is 48.5 Å². The molecule has 0 aromatic heterocycles. The second-order valence-electron chi connectivity index (χ2n) is 8.81. The van der Waals surface area contributed by atoms with Gasteiger partial charge in [0, 0.05) is 17.7 Å². The van der Waals surface area contributed by atoms with Crippen LogP contribution in [0.1, 0.15) is 109 Å². The summed E-state index contributed by atoms with van der Waals surface area (Å²) in [5.74, 6) is -0.562. The third-order valence-electron chi connectivity index (χ3n) is 6.00. The van der Waals surface area contributed by atoms with Gasteiger partial charge in [-0.2, -0.15) is 0 Å². The Labute approximate surface area is 199 Å². The van der Waals surface area contributed by atoms with E-state index in [0.29, 0.717) is 17.5 Å². The molecule has 0 aliphatic carbocycles. The fraction of sp³-hybridized carbons (Fsp3) is 0.500. The van der Waals surface area contributed by atoms with Crippen LogP contribution in [0.4, 0.5) is 0 Å². The van der Waals surface area contributed by atoms with Crippen LogP contribution in [0, 0.1) is 0 Å². The van der Waals surface area contributed by atoms with Gasteiger partial charge in [0.1, 0.15) is 0 Å². The van der Waals surface area contributed by atoms with Crippen molar-refractivity contribution < 1.29 is 9.59 Å². The number of amides is 2. The first-order valence-electron chi connectivity index (χ1n) is 12.6. The van der Waals surface area contributed by atoms with Gasteiger partial charge in [-0.3, -0.25) is 15.0 Å². The molecule has 180 valence electrons. The van der Waals surface area contributed by atoms with Gasteiger partial charge in [0.05, 0.1) is 0 Å². The van der Waals surface area contributed by atoms with Gasteiger partial charge in [-0.05, 0) is 42.2 Å². The molecular formula is C28H41N3O2. The molecular weight excluding hydrogens is 410 g/mol. The Balaban J connectivity index is 1.57. The summed E-state index contributed by atoms with van der Waals surface area (Å²) in [5.41, 5.74) is 14.3. The monoisotopic (exact) mass is 451 g/mol. The maximum Gasteiger partial charge on any atom is 0.265 e. The molecule has 5 nitrogen and oxygen atoms in total. The van der Waals surface area contributed by atoms with Gasteiger partial charge in [-0.1, -0.05) is 101 Å². The second-order valence-corrected chi connectivity index (χ2v) is 8.81. The summed E-state index contributed by atoms with van der Waals surface area (Å²) in [5, 5.41) is 0. The Morgan fingerprint density at radius 2 is 1.33 bits per heavy atom. The molecule has 2 amide bonds. The molecule has 0 fully saturated rings. The van der Waals surface area contributed by atoms with E-state index >= 15 is 0 Å². The molecule has 0 aliphatic heterocycles. The highest BCUT2D eigenvalue weighted by atomic mass is 16.2. The minimum Gasteiger partial charge on any atom is -0.366 e. The molecule has 0 aliphatic rings. The number of hydrogen-bond donors (Lipinski definition) is 3. The van der Waals surface area contributed by atoms with Crippen molar-refractivity contribution in [1.29, 1.82) is 0 Å². The molecule has 0 bridgehead atoms. The third-order valence-corrected chi connectivity index (χ3v) is 6.00.